The molecule has 8 nitrogen and oxygen atoms in total. The molecule has 0 unspecified atom stereocenters. The Kier molecular flexibility index (Phi) is 4.31. The number of nitrogens with two attached hydrogens (primary N) is 1. The Morgan fingerprint density at radius 2 is 2.04 bits per heavy atom. The number of ether oxygens (including phenoxy) is 1. The van der Waals surface area contributed by atoms with Gasteiger partial charge in [0.2, 0.25) is 0 Å². The highest BCUT2D eigenvalue weighted by molar-refractivity contribution is 7.51. The molecule has 0 radical (unpaired) electrons. The van der Waals surface area contributed by atoms with Gasteiger partial charge in [0.15, 0.2) is 0 Å². The van der Waals surface area contributed by atoms with Gasteiger partial charge in [-0.3, -0.25) is 9.13 Å². The van der Waals surface area contributed by atoms with Crippen LogP contribution in [-0.2, 0) is 14.8 Å². The fourth-order valence-electron chi connectivity index (χ4n) is 3.06. The smallest absolute Gasteiger partial charge is 0.350 e. The topological polar surface area (TPSA) is 128 Å². The molecule has 1 aliphatic rings. The summed E-state index contributed by atoms with van der Waals surface area (Å²) in [6.45, 7) is 0.136. The second-order valence-corrected chi connectivity index (χ2v) is 7.45. The highest BCUT2D eigenvalue weighted by Gasteiger charge is 2.57. The first-order chi connectivity index (χ1) is 11.3. The molecule has 1 saturated carbocycles. The molecule has 1 aliphatic carbocycles. The lowest BCUT2D eigenvalue weighted by molar-refractivity contribution is 0.139. The van der Waals surface area contributed by atoms with Crippen LogP contribution in [0.5, 0.6) is 0 Å². The standard InChI is InChI=1S/C15H18N3O5P/c16-13-6-7-18(14(19)17-13)15(11-4-2-1-3-5-11)8-12(15)9-23-10-24(20,21)22/h1-7,12H,8-10H2,(H2,16,17,19)(H2,20,21,22)/t12-,15+/m1/s1. The van der Waals surface area contributed by atoms with Crippen molar-refractivity contribution in [2.24, 2.45) is 5.92 Å². The summed E-state index contributed by atoms with van der Waals surface area (Å²) < 4.78 is 17.6. The number of nitrogens with zero attached hydrogens (tertiary/aromatic N) is 2. The van der Waals surface area contributed by atoms with Gasteiger partial charge in [0, 0.05) is 12.1 Å². The number of rotatable bonds is 6. The van der Waals surface area contributed by atoms with Crippen molar-refractivity contribution in [3.05, 3.63) is 58.6 Å². The van der Waals surface area contributed by atoms with Crippen molar-refractivity contribution in [1.29, 1.82) is 0 Å². The normalized spacial score (nSPS) is 23.2. The monoisotopic (exact) mass is 351 g/mol. The first-order valence-corrected chi connectivity index (χ1v) is 9.16. The fraction of sp³-hybridized carbons (Fsp3) is 0.333. The highest BCUT2D eigenvalue weighted by atomic mass is 31.2. The number of anilines is 1. The quantitative estimate of drug-likeness (QED) is 0.655. The molecule has 24 heavy (non-hydrogen) atoms. The lowest BCUT2D eigenvalue weighted by Crippen LogP contribution is -2.35. The van der Waals surface area contributed by atoms with E-state index in [-0.39, 0.29) is 18.3 Å². The first-order valence-electron chi connectivity index (χ1n) is 7.36. The predicted octanol–water partition coefficient (Wildman–Crippen LogP) is 0.741. The Bertz CT molecular complexity index is 835. The lowest BCUT2D eigenvalue weighted by atomic mass is 10.0. The average molecular weight is 351 g/mol. The average Bonchev–Trinajstić information content (AvgIpc) is 3.22. The van der Waals surface area contributed by atoms with E-state index < -0.39 is 25.2 Å². The number of hydrogen-bond acceptors (Lipinski definition) is 5. The van der Waals surface area contributed by atoms with Gasteiger partial charge in [-0.25, -0.2) is 4.79 Å². The molecule has 9 heteroatoms. The Balaban J connectivity index is 1.91. The molecule has 2 aromatic rings. The predicted molar refractivity (Wildman–Crippen MR) is 87.4 cm³/mol. The molecule has 4 N–H and O–H groups in total. The molecule has 128 valence electrons. The summed E-state index contributed by atoms with van der Waals surface area (Å²) in [5, 5.41) is 0. The number of nitrogen functional groups attached to an aromatic ring is 1. The van der Waals surface area contributed by atoms with E-state index in [0.717, 1.165) is 5.56 Å². The van der Waals surface area contributed by atoms with Gasteiger partial charge in [0.25, 0.3) is 0 Å². The fourth-order valence-corrected chi connectivity index (χ4v) is 3.41. The van der Waals surface area contributed by atoms with E-state index in [1.165, 1.54) is 4.57 Å². The Labute approximate surface area is 138 Å². The van der Waals surface area contributed by atoms with Crippen molar-refractivity contribution in [2.75, 3.05) is 18.7 Å². The molecule has 1 heterocycles. The summed E-state index contributed by atoms with van der Waals surface area (Å²) in [5.41, 5.74) is 5.38. The van der Waals surface area contributed by atoms with Gasteiger partial charge in [-0.15, -0.1) is 0 Å². The third-order valence-electron chi connectivity index (χ3n) is 4.18. The zero-order chi connectivity index (χ0) is 17.4. The molecule has 1 aromatic carbocycles. The van der Waals surface area contributed by atoms with Gasteiger partial charge in [0.05, 0.1) is 12.1 Å². The van der Waals surface area contributed by atoms with Gasteiger partial charge in [-0.05, 0) is 18.1 Å². The molecule has 1 fully saturated rings. The largest absolute Gasteiger partial charge is 0.383 e. The molecule has 0 saturated heterocycles. The zero-order valence-electron chi connectivity index (χ0n) is 12.8. The molecule has 0 bridgehead atoms. The summed E-state index contributed by atoms with van der Waals surface area (Å²) in [4.78, 5) is 33.9. The van der Waals surface area contributed by atoms with Crippen molar-refractivity contribution in [2.45, 2.75) is 12.0 Å². The van der Waals surface area contributed by atoms with Crippen LogP contribution in [0.25, 0.3) is 0 Å². The minimum absolute atomic E-state index is 0.0884. The van der Waals surface area contributed by atoms with Crippen molar-refractivity contribution in [1.82, 2.24) is 9.55 Å². The Hall–Kier alpha value is -1.99. The number of benzene rings is 1. The van der Waals surface area contributed by atoms with E-state index >= 15 is 0 Å². The maximum atomic E-state index is 12.3. The summed E-state index contributed by atoms with van der Waals surface area (Å²) in [7, 11) is -4.22. The third kappa shape index (κ3) is 3.27. The van der Waals surface area contributed by atoms with Crippen LogP contribution in [0.15, 0.2) is 47.4 Å². The van der Waals surface area contributed by atoms with Gasteiger partial charge >= 0.3 is 13.3 Å². The number of aromatic nitrogens is 2. The maximum absolute atomic E-state index is 12.3. The summed E-state index contributed by atoms with van der Waals surface area (Å²) in [6.07, 6.45) is 1.58. The van der Waals surface area contributed by atoms with Crippen molar-refractivity contribution in [3.8, 4) is 0 Å². The highest BCUT2D eigenvalue weighted by Crippen LogP contribution is 2.54. The summed E-state index contributed by atoms with van der Waals surface area (Å²) in [6, 6.07) is 11.0. The Morgan fingerprint density at radius 3 is 2.67 bits per heavy atom. The van der Waals surface area contributed by atoms with Gasteiger partial charge in [-0.1, -0.05) is 30.3 Å². The molecule has 2 atom stereocenters. The molecule has 1 aromatic heterocycles. The molecule has 0 aliphatic heterocycles. The van der Waals surface area contributed by atoms with E-state index in [4.69, 9.17) is 20.3 Å². The Morgan fingerprint density at radius 1 is 1.33 bits per heavy atom. The van der Waals surface area contributed by atoms with E-state index in [1.807, 2.05) is 30.3 Å². The summed E-state index contributed by atoms with van der Waals surface area (Å²) in [5.74, 6) is 0.0592. The molecular weight excluding hydrogens is 333 g/mol. The minimum atomic E-state index is -4.22. The van der Waals surface area contributed by atoms with Crippen molar-refractivity contribution >= 4 is 13.4 Å². The second-order valence-electron chi connectivity index (χ2n) is 5.86. The second kappa shape index (κ2) is 6.14. The van der Waals surface area contributed by atoms with Gasteiger partial charge < -0.3 is 20.3 Å². The first kappa shape index (κ1) is 16.9. The van der Waals surface area contributed by atoms with Crippen LogP contribution in [0.4, 0.5) is 5.82 Å². The molecular formula is C15H18N3O5P. The lowest BCUT2D eigenvalue weighted by Gasteiger charge is -2.21. The zero-order valence-corrected chi connectivity index (χ0v) is 13.7. The summed E-state index contributed by atoms with van der Waals surface area (Å²) >= 11 is 0. The van der Waals surface area contributed by atoms with Crippen LogP contribution in [-0.4, -0.2) is 32.3 Å². The SMILES string of the molecule is Nc1ccn([C@]2(c3ccccc3)C[C@@H]2COCP(=O)(O)O)c(=O)n1. The maximum Gasteiger partial charge on any atom is 0.350 e. The van der Waals surface area contributed by atoms with E-state index in [1.54, 1.807) is 12.3 Å². The van der Waals surface area contributed by atoms with Gasteiger partial charge in [0.1, 0.15) is 12.2 Å². The molecule has 0 spiro atoms. The van der Waals surface area contributed by atoms with E-state index in [9.17, 15) is 9.36 Å². The number of hydrogen-bond donors (Lipinski definition) is 3. The van der Waals surface area contributed by atoms with Gasteiger partial charge in [-0.2, -0.15) is 4.98 Å². The molecule has 0 amide bonds. The van der Waals surface area contributed by atoms with Crippen molar-refractivity contribution in [3.63, 3.8) is 0 Å². The van der Waals surface area contributed by atoms with E-state index in [2.05, 4.69) is 4.98 Å². The van der Waals surface area contributed by atoms with Crippen LogP contribution in [0.3, 0.4) is 0 Å². The van der Waals surface area contributed by atoms with Crippen LogP contribution in [0.2, 0.25) is 0 Å². The van der Waals surface area contributed by atoms with Crippen molar-refractivity contribution < 1.29 is 19.1 Å². The van der Waals surface area contributed by atoms with Crippen LogP contribution >= 0.6 is 7.60 Å². The third-order valence-corrected chi connectivity index (χ3v) is 4.70. The minimum Gasteiger partial charge on any atom is -0.383 e. The van der Waals surface area contributed by atoms with Crippen LogP contribution < -0.4 is 11.4 Å². The molecule has 3 rings (SSSR count). The van der Waals surface area contributed by atoms with E-state index in [0.29, 0.717) is 6.42 Å². The van der Waals surface area contributed by atoms with Crippen LogP contribution in [0, 0.1) is 5.92 Å². The van der Waals surface area contributed by atoms with Crippen LogP contribution in [0.1, 0.15) is 12.0 Å².